The van der Waals surface area contributed by atoms with Gasteiger partial charge in [0.1, 0.15) is 0 Å². The van der Waals surface area contributed by atoms with Crippen LogP contribution in [0.2, 0.25) is 0 Å². The number of unbranched alkanes of at least 4 members (excludes halogenated alkanes) is 9. The largest absolute Gasteiger partial charge is 0.303 e. The second-order valence-electron chi connectivity index (χ2n) is 6.02. The molecule has 0 aliphatic carbocycles. The summed E-state index contributed by atoms with van der Waals surface area (Å²) in [6, 6.07) is 0. The van der Waals surface area contributed by atoms with Crippen LogP contribution in [0.1, 0.15) is 97.8 Å². The SMILES string of the molecule is CCCCCCCN(CCCC)CCCCCCC. The highest BCUT2D eigenvalue weighted by atomic mass is 15.1. The summed E-state index contributed by atoms with van der Waals surface area (Å²) in [7, 11) is 0. The van der Waals surface area contributed by atoms with Gasteiger partial charge >= 0.3 is 0 Å². The van der Waals surface area contributed by atoms with Gasteiger partial charge in [-0.2, -0.15) is 0 Å². The first kappa shape index (κ1) is 19.0. The maximum absolute atomic E-state index is 2.72. The lowest BCUT2D eigenvalue weighted by atomic mass is 10.1. The highest BCUT2D eigenvalue weighted by Gasteiger charge is 2.03. The second-order valence-corrected chi connectivity index (χ2v) is 6.02. The Morgan fingerprint density at radius 3 is 1.21 bits per heavy atom. The molecule has 116 valence electrons. The molecular weight excluding hydrogens is 230 g/mol. The first-order valence-corrected chi connectivity index (χ1v) is 9.07. The Labute approximate surface area is 123 Å². The van der Waals surface area contributed by atoms with Crippen molar-refractivity contribution in [1.82, 2.24) is 4.90 Å². The molecule has 19 heavy (non-hydrogen) atoms. The molecule has 0 radical (unpaired) electrons. The molecule has 0 N–H and O–H groups in total. The Morgan fingerprint density at radius 2 is 0.789 bits per heavy atom. The molecule has 0 bridgehead atoms. The summed E-state index contributed by atoms with van der Waals surface area (Å²) in [6.45, 7) is 10.9. The molecule has 0 aromatic carbocycles. The summed E-state index contributed by atoms with van der Waals surface area (Å²) in [5.74, 6) is 0. The van der Waals surface area contributed by atoms with Gasteiger partial charge in [-0.05, 0) is 38.9 Å². The van der Waals surface area contributed by atoms with E-state index >= 15 is 0 Å². The van der Waals surface area contributed by atoms with E-state index in [0.29, 0.717) is 0 Å². The fourth-order valence-corrected chi connectivity index (χ4v) is 2.60. The molecule has 0 fully saturated rings. The van der Waals surface area contributed by atoms with Crippen LogP contribution < -0.4 is 0 Å². The Morgan fingerprint density at radius 1 is 0.421 bits per heavy atom. The van der Waals surface area contributed by atoms with E-state index < -0.39 is 0 Å². The van der Waals surface area contributed by atoms with Crippen molar-refractivity contribution >= 4 is 0 Å². The smallest absolute Gasteiger partial charge is 0.00187 e. The van der Waals surface area contributed by atoms with Gasteiger partial charge < -0.3 is 4.90 Å². The molecule has 0 amide bonds. The number of nitrogens with zero attached hydrogens (tertiary/aromatic N) is 1. The van der Waals surface area contributed by atoms with Crippen LogP contribution in [0, 0.1) is 0 Å². The van der Waals surface area contributed by atoms with Crippen LogP contribution in [0.15, 0.2) is 0 Å². The third kappa shape index (κ3) is 14.2. The van der Waals surface area contributed by atoms with Gasteiger partial charge in [0, 0.05) is 0 Å². The molecule has 0 aliphatic rings. The van der Waals surface area contributed by atoms with Crippen molar-refractivity contribution in [3.63, 3.8) is 0 Å². The quantitative estimate of drug-likeness (QED) is 0.328. The minimum Gasteiger partial charge on any atom is -0.303 e. The maximum Gasteiger partial charge on any atom is -0.00187 e. The predicted octanol–water partition coefficient (Wildman–Crippen LogP) is 6.03. The third-order valence-corrected chi connectivity index (χ3v) is 3.98. The molecule has 1 heteroatoms. The zero-order valence-electron chi connectivity index (χ0n) is 14.1. The molecular formula is C18H39N. The lowest BCUT2D eigenvalue weighted by Gasteiger charge is -2.22. The Hall–Kier alpha value is -0.0400. The zero-order valence-corrected chi connectivity index (χ0v) is 14.1. The molecule has 0 heterocycles. The van der Waals surface area contributed by atoms with Crippen LogP contribution in [0.4, 0.5) is 0 Å². The highest BCUT2D eigenvalue weighted by molar-refractivity contribution is 4.59. The first-order valence-electron chi connectivity index (χ1n) is 9.07. The summed E-state index contributed by atoms with van der Waals surface area (Å²) in [5, 5.41) is 0. The van der Waals surface area contributed by atoms with E-state index in [0.717, 1.165) is 0 Å². The van der Waals surface area contributed by atoms with Crippen LogP contribution in [0.5, 0.6) is 0 Å². The maximum atomic E-state index is 2.72. The standard InChI is InChI=1S/C18H39N/c1-4-7-10-12-14-17-19(16-9-6-3)18-15-13-11-8-5-2/h4-18H2,1-3H3. The summed E-state index contributed by atoms with van der Waals surface area (Å²) < 4.78 is 0. The van der Waals surface area contributed by atoms with Gasteiger partial charge in [0.25, 0.3) is 0 Å². The molecule has 0 saturated heterocycles. The van der Waals surface area contributed by atoms with Crippen molar-refractivity contribution < 1.29 is 0 Å². The van der Waals surface area contributed by atoms with E-state index in [9.17, 15) is 0 Å². The lowest BCUT2D eigenvalue weighted by Crippen LogP contribution is -2.27. The monoisotopic (exact) mass is 269 g/mol. The van der Waals surface area contributed by atoms with Gasteiger partial charge in [-0.25, -0.2) is 0 Å². The van der Waals surface area contributed by atoms with Gasteiger partial charge in [-0.1, -0.05) is 78.6 Å². The van der Waals surface area contributed by atoms with E-state index in [-0.39, 0.29) is 0 Å². The highest BCUT2D eigenvalue weighted by Crippen LogP contribution is 2.08. The zero-order chi connectivity index (χ0) is 14.2. The fraction of sp³-hybridized carbons (Fsp3) is 1.00. The normalized spacial score (nSPS) is 11.4. The Bertz CT molecular complexity index is 142. The third-order valence-electron chi connectivity index (χ3n) is 3.98. The van der Waals surface area contributed by atoms with Crippen molar-refractivity contribution in [1.29, 1.82) is 0 Å². The van der Waals surface area contributed by atoms with Crippen molar-refractivity contribution in [3.05, 3.63) is 0 Å². The van der Waals surface area contributed by atoms with E-state index in [1.807, 2.05) is 0 Å². The second kappa shape index (κ2) is 16.0. The van der Waals surface area contributed by atoms with E-state index in [2.05, 4.69) is 25.7 Å². The summed E-state index contributed by atoms with van der Waals surface area (Å²) >= 11 is 0. The van der Waals surface area contributed by atoms with Crippen molar-refractivity contribution in [2.75, 3.05) is 19.6 Å². The Balaban J connectivity index is 3.57. The van der Waals surface area contributed by atoms with Crippen molar-refractivity contribution in [2.24, 2.45) is 0 Å². The van der Waals surface area contributed by atoms with Crippen LogP contribution >= 0.6 is 0 Å². The molecule has 0 atom stereocenters. The predicted molar refractivity (Wildman–Crippen MR) is 88.9 cm³/mol. The van der Waals surface area contributed by atoms with Gasteiger partial charge in [-0.3, -0.25) is 0 Å². The number of rotatable bonds is 15. The molecule has 0 aliphatic heterocycles. The number of hydrogen-bond acceptors (Lipinski definition) is 1. The van der Waals surface area contributed by atoms with Crippen LogP contribution in [-0.4, -0.2) is 24.5 Å². The van der Waals surface area contributed by atoms with Crippen molar-refractivity contribution in [3.8, 4) is 0 Å². The van der Waals surface area contributed by atoms with E-state index in [1.165, 1.54) is 96.7 Å². The van der Waals surface area contributed by atoms with Gasteiger partial charge in [-0.15, -0.1) is 0 Å². The van der Waals surface area contributed by atoms with E-state index in [1.54, 1.807) is 0 Å². The Kier molecular flexibility index (Phi) is 16.0. The van der Waals surface area contributed by atoms with Crippen LogP contribution in [0.3, 0.4) is 0 Å². The van der Waals surface area contributed by atoms with Gasteiger partial charge in [0.05, 0.1) is 0 Å². The van der Waals surface area contributed by atoms with Crippen molar-refractivity contribution in [2.45, 2.75) is 97.8 Å². The number of hydrogen-bond donors (Lipinski definition) is 0. The van der Waals surface area contributed by atoms with E-state index in [4.69, 9.17) is 0 Å². The van der Waals surface area contributed by atoms with Crippen LogP contribution in [0.25, 0.3) is 0 Å². The lowest BCUT2D eigenvalue weighted by molar-refractivity contribution is 0.256. The van der Waals surface area contributed by atoms with Gasteiger partial charge in [0.2, 0.25) is 0 Å². The fourth-order valence-electron chi connectivity index (χ4n) is 2.60. The molecule has 0 aromatic rings. The average Bonchev–Trinajstić information content (AvgIpc) is 2.43. The first-order chi connectivity index (χ1) is 9.35. The summed E-state index contributed by atoms with van der Waals surface area (Å²) in [6.07, 6.45) is 16.9. The average molecular weight is 270 g/mol. The summed E-state index contributed by atoms with van der Waals surface area (Å²) in [5.41, 5.74) is 0. The minimum atomic E-state index is 1.33. The molecule has 0 unspecified atom stereocenters. The molecule has 0 saturated carbocycles. The van der Waals surface area contributed by atoms with Gasteiger partial charge in [0.15, 0.2) is 0 Å². The summed E-state index contributed by atoms with van der Waals surface area (Å²) in [4.78, 5) is 2.72. The van der Waals surface area contributed by atoms with Crippen LogP contribution in [-0.2, 0) is 0 Å². The molecule has 0 spiro atoms. The molecule has 0 aromatic heterocycles. The molecule has 1 nitrogen and oxygen atoms in total. The minimum absolute atomic E-state index is 1.33. The topological polar surface area (TPSA) is 3.24 Å². The molecule has 0 rings (SSSR count).